The van der Waals surface area contributed by atoms with Crippen LogP contribution in [0.25, 0.3) is 0 Å². The number of nitrogens with one attached hydrogen (secondary N) is 3. The molecule has 3 N–H and O–H groups in total. The minimum absolute atomic E-state index is 0. The van der Waals surface area contributed by atoms with Crippen LogP contribution >= 0.6 is 12.4 Å². The smallest absolute Gasteiger partial charge is 0.319 e. The van der Waals surface area contributed by atoms with E-state index in [1.807, 2.05) is 32.0 Å². The molecule has 0 saturated heterocycles. The summed E-state index contributed by atoms with van der Waals surface area (Å²) in [5, 5.41) is 9.06. The van der Waals surface area contributed by atoms with Crippen molar-refractivity contribution in [3.8, 4) is 0 Å². The van der Waals surface area contributed by atoms with Crippen molar-refractivity contribution in [2.75, 3.05) is 18.4 Å². The molecule has 1 aromatic carbocycles. The second kappa shape index (κ2) is 9.61. The molecule has 1 aromatic rings. The van der Waals surface area contributed by atoms with Gasteiger partial charge in [0.1, 0.15) is 0 Å². The van der Waals surface area contributed by atoms with E-state index in [0.717, 1.165) is 29.8 Å². The Morgan fingerprint density at radius 3 is 2.55 bits per heavy atom. The fraction of sp³-hybridized carbons (Fsp3) is 0.533. The summed E-state index contributed by atoms with van der Waals surface area (Å²) in [6.45, 7) is 9.82. The summed E-state index contributed by atoms with van der Waals surface area (Å²) in [5.74, 6) is 0. The minimum atomic E-state index is -0.141. The molecular weight excluding hydrogens is 274 g/mol. The maximum Gasteiger partial charge on any atom is 0.319 e. The maximum atomic E-state index is 11.7. The number of benzene rings is 1. The van der Waals surface area contributed by atoms with Gasteiger partial charge in [0.15, 0.2) is 0 Å². The van der Waals surface area contributed by atoms with Gasteiger partial charge in [-0.1, -0.05) is 26.0 Å². The van der Waals surface area contributed by atoms with Crippen molar-refractivity contribution in [3.05, 3.63) is 29.3 Å². The molecule has 0 heterocycles. The third-order valence-electron chi connectivity index (χ3n) is 2.83. The Labute approximate surface area is 128 Å². The first-order valence-electron chi connectivity index (χ1n) is 6.84. The molecule has 1 rings (SSSR count). The summed E-state index contributed by atoms with van der Waals surface area (Å²) in [6, 6.07) is 6.38. The van der Waals surface area contributed by atoms with Crippen LogP contribution in [0.2, 0.25) is 0 Å². The van der Waals surface area contributed by atoms with Crippen LogP contribution in [0.4, 0.5) is 10.5 Å². The minimum Gasteiger partial charge on any atom is -0.338 e. The van der Waals surface area contributed by atoms with E-state index in [1.165, 1.54) is 0 Å². The van der Waals surface area contributed by atoms with Crippen LogP contribution in [0, 0.1) is 13.8 Å². The molecule has 0 spiro atoms. The van der Waals surface area contributed by atoms with Crippen molar-refractivity contribution in [2.45, 2.75) is 40.2 Å². The van der Waals surface area contributed by atoms with E-state index >= 15 is 0 Å². The van der Waals surface area contributed by atoms with Crippen LogP contribution in [0.5, 0.6) is 0 Å². The number of rotatable bonds is 6. The molecule has 4 nitrogen and oxygen atoms in total. The van der Waals surface area contributed by atoms with E-state index in [4.69, 9.17) is 0 Å². The maximum absolute atomic E-state index is 11.7. The second-order valence-electron chi connectivity index (χ2n) is 5.16. The molecule has 0 radical (unpaired) electrons. The van der Waals surface area contributed by atoms with Crippen molar-refractivity contribution in [2.24, 2.45) is 0 Å². The molecular formula is C15H26ClN3O. The zero-order chi connectivity index (χ0) is 14.3. The average molecular weight is 300 g/mol. The van der Waals surface area contributed by atoms with Crippen molar-refractivity contribution < 1.29 is 4.79 Å². The molecule has 0 aliphatic heterocycles. The standard InChI is InChI=1S/C15H25N3O.ClH/c1-11(2)16-8-5-9-17-15(19)18-14-10-12(3)6-7-13(14)4;/h6-7,10-11,16H,5,8-9H2,1-4H3,(H2,17,18,19);1H. The SMILES string of the molecule is Cc1ccc(C)c(NC(=O)NCCCNC(C)C)c1.Cl. The summed E-state index contributed by atoms with van der Waals surface area (Å²) in [4.78, 5) is 11.7. The van der Waals surface area contributed by atoms with Crippen molar-refractivity contribution in [3.63, 3.8) is 0 Å². The molecule has 0 fully saturated rings. The number of anilines is 1. The normalized spacial score (nSPS) is 10.1. The summed E-state index contributed by atoms with van der Waals surface area (Å²) < 4.78 is 0. The van der Waals surface area contributed by atoms with E-state index in [9.17, 15) is 4.79 Å². The topological polar surface area (TPSA) is 53.2 Å². The lowest BCUT2D eigenvalue weighted by atomic mass is 10.1. The van der Waals surface area contributed by atoms with Crippen molar-refractivity contribution >= 4 is 24.1 Å². The number of halogens is 1. The van der Waals surface area contributed by atoms with Crippen LogP contribution in [0.3, 0.4) is 0 Å². The summed E-state index contributed by atoms with van der Waals surface area (Å²) in [6.07, 6.45) is 0.929. The molecule has 5 heteroatoms. The largest absolute Gasteiger partial charge is 0.338 e. The third-order valence-corrected chi connectivity index (χ3v) is 2.83. The monoisotopic (exact) mass is 299 g/mol. The van der Waals surface area contributed by atoms with E-state index in [1.54, 1.807) is 0 Å². The third kappa shape index (κ3) is 7.36. The number of urea groups is 1. The number of amides is 2. The average Bonchev–Trinajstić information content (AvgIpc) is 2.33. The summed E-state index contributed by atoms with van der Waals surface area (Å²) >= 11 is 0. The Balaban J connectivity index is 0.00000361. The summed E-state index contributed by atoms with van der Waals surface area (Å²) in [7, 11) is 0. The van der Waals surface area contributed by atoms with Crippen molar-refractivity contribution in [1.29, 1.82) is 0 Å². The Kier molecular flexibility index (Phi) is 9.01. The lowest BCUT2D eigenvalue weighted by Crippen LogP contribution is -2.32. The highest BCUT2D eigenvalue weighted by Gasteiger charge is 2.03. The van der Waals surface area contributed by atoms with Gasteiger partial charge in [-0.05, 0) is 44.0 Å². The fourth-order valence-electron chi connectivity index (χ4n) is 1.72. The number of carbonyl (C=O) groups excluding carboxylic acids is 1. The van der Waals surface area contributed by atoms with E-state index in [2.05, 4.69) is 29.8 Å². The van der Waals surface area contributed by atoms with E-state index in [-0.39, 0.29) is 18.4 Å². The molecule has 0 aliphatic carbocycles. The van der Waals surface area contributed by atoms with Crippen LogP contribution in [0.15, 0.2) is 18.2 Å². The Bertz CT molecular complexity index is 422. The quantitative estimate of drug-likeness (QED) is 0.706. The van der Waals surface area contributed by atoms with E-state index < -0.39 is 0 Å². The molecule has 0 aliphatic rings. The van der Waals surface area contributed by atoms with Gasteiger partial charge in [-0.3, -0.25) is 0 Å². The van der Waals surface area contributed by atoms with Crippen LogP contribution in [0.1, 0.15) is 31.4 Å². The predicted molar refractivity (Wildman–Crippen MR) is 87.9 cm³/mol. The molecule has 0 unspecified atom stereocenters. The highest BCUT2D eigenvalue weighted by molar-refractivity contribution is 5.90. The first-order valence-corrected chi connectivity index (χ1v) is 6.84. The van der Waals surface area contributed by atoms with Gasteiger partial charge < -0.3 is 16.0 Å². The fourth-order valence-corrected chi connectivity index (χ4v) is 1.72. The van der Waals surface area contributed by atoms with Gasteiger partial charge in [-0.15, -0.1) is 12.4 Å². The molecule has 0 bridgehead atoms. The lowest BCUT2D eigenvalue weighted by Gasteiger charge is -2.11. The van der Waals surface area contributed by atoms with Gasteiger partial charge in [0.2, 0.25) is 0 Å². The molecule has 0 aromatic heterocycles. The number of hydrogen-bond donors (Lipinski definition) is 3. The molecule has 0 atom stereocenters. The number of aryl methyl sites for hydroxylation is 2. The zero-order valence-corrected chi connectivity index (χ0v) is 13.6. The predicted octanol–water partition coefficient (Wildman–Crippen LogP) is 3.23. The number of hydrogen-bond acceptors (Lipinski definition) is 2. The first kappa shape index (κ1) is 18.7. The van der Waals surface area contributed by atoms with E-state index in [0.29, 0.717) is 12.6 Å². The van der Waals surface area contributed by atoms with Gasteiger partial charge in [-0.25, -0.2) is 4.79 Å². The van der Waals surface area contributed by atoms with Gasteiger partial charge in [-0.2, -0.15) is 0 Å². The first-order chi connectivity index (χ1) is 8.99. The van der Waals surface area contributed by atoms with Crippen LogP contribution in [-0.4, -0.2) is 25.2 Å². The van der Waals surface area contributed by atoms with Gasteiger partial charge in [0.05, 0.1) is 0 Å². The lowest BCUT2D eigenvalue weighted by molar-refractivity contribution is 0.252. The Morgan fingerprint density at radius 1 is 1.20 bits per heavy atom. The molecule has 114 valence electrons. The molecule has 0 saturated carbocycles. The molecule has 2 amide bonds. The van der Waals surface area contributed by atoms with Gasteiger partial charge in [0, 0.05) is 18.3 Å². The highest BCUT2D eigenvalue weighted by atomic mass is 35.5. The highest BCUT2D eigenvalue weighted by Crippen LogP contribution is 2.15. The zero-order valence-electron chi connectivity index (χ0n) is 12.7. The van der Waals surface area contributed by atoms with Gasteiger partial charge in [0.25, 0.3) is 0 Å². The summed E-state index contributed by atoms with van der Waals surface area (Å²) in [5.41, 5.74) is 3.09. The molecule has 20 heavy (non-hydrogen) atoms. The van der Waals surface area contributed by atoms with Crippen LogP contribution < -0.4 is 16.0 Å². The second-order valence-corrected chi connectivity index (χ2v) is 5.16. The van der Waals surface area contributed by atoms with Crippen molar-refractivity contribution in [1.82, 2.24) is 10.6 Å². The Morgan fingerprint density at radius 2 is 1.90 bits per heavy atom. The van der Waals surface area contributed by atoms with Gasteiger partial charge >= 0.3 is 6.03 Å². The number of carbonyl (C=O) groups is 1. The Hall–Kier alpha value is -1.26. The van der Waals surface area contributed by atoms with Crippen LogP contribution in [-0.2, 0) is 0 Å².